The standard InChI is InChI=1S/C15H19NO/c1-3-16-9-11-8-13(11)15-10(2)17-14-7-5-4-6-12(14)15/h4-7,11,13,16H,3,8-9H2,1-2H3. The maximum atomic E-state index is 5.83. The molecule has 2 unspecified atom stereocenters. The first-order chi connectivity index (χ1) is 8.31. The number of hydrogen-bond acceptors (Lipinski definition) is 2. The zero-order valence-corrected chi connectivity index (χ0v) is 10.5. The van der Waals surface area contributed by atoms with Crippen molar-refractivity contribution >= 4 is 11.0 Å². The fraction of sp³-hybridized carbons (Fsp3) is 0.467. The van der Waals surface area contributed by atoms with Gasteiger partial charge < -0.3 is 9.73 Å². The van der Waals surface area contributed by atoms with Crippen LogP contribution < -0.4 is 5.32 Å². The molecular weight excluding hydrogens is 210 g/mol. The summed E-state index contributed by atoms with van der Waals surface area (Å²) in [5, 5.41) is 4.75. The lowest BCUT2D eigenvalue weighted by Gasteiger charge is -2.01. The molecule has 3 rings (SSSR count). The number of para-hydroxylation sites is 1. The van der Waals surface area contributed by atoms with E-state index in [1.165, 1.54) is 17.4 Å². The lowest BCUT2D eigenvalue weighted by molar-refractivity contribution is 0.569. The van der Waals surface area contributed by atoms with Crippen LogP contribution in [0.3, 0.4) is 0 Å². The van der Waals surface area contributed by atoms with E-state index >= 15 is 0 Å². The maximum absolute atomic E-state index is 5.83. The summed E-state index contributed by atoms with van der Waals surface area (Å²) in [6.45, 7) is 6.46. The summed E-state index contributed by atoms with van der Waals surface area (Å²) >= 11 is 0. The average molecular weight is 229 g/mol. The van der Waals surface area contributed by atoms with Crippen LogP contribution in [0.15, 0.2) is 28.7 Å². The molecule has 90 valence electrons. The highest BCUT2D eigenvalue weighted by atomic mass is 16.3. The van der Waals surface area contributed by atoms with Crippen LogP contribution in [-0.2, 0) is 0 Å². The third-order valence-corrected chi connectivity index (χ3v) is 3.77. The second kappa shape index (κ2) is 4.19. The van der Waals surface area contributed by atoms with Crippen LogP contribution >= 0.6 is 0 Å². The van der Waals surface area contributed by atoms with Gasteiger partial charge in [0.1, 0.15) is 11.3 Å². The molecule has 1 fully saturated rings. The Labute approximate surface area is 102 Å². The number of nitrogens with one attached hydrogen (secondary N) is 1. The van der Waals surface area contributed by atoms with Crippen LogP contribution in [0.5, 0.6) is 0 Å². The van der Waals surface area contributed by atoms with Crippen LogP contribution in [0.25, 0.3) is 11.0 Å². The molecule has 1 aromatic heterocycles. The average Bonchev–Trinajstić information content (AvgIpc) is 3.01. The third kappa shape index (κ3) is 1.87. The van der Waals surface area contributed by atoms with Crippen molar-refractivity contribution in [3.8, 4) is 0 Å². The second-order valence-electron chi connectivity index (χ2n) is 4.98. The van der Waals surface area contributed by atoms with E-state index in [4.69, 9.17) is 4.42 Å². The third-order valence-electron chi connectivity index (χ3n) is 3.77. The highest BCUT2D eigenvalue weighted by molar-refractivity contribution is 5.83. The van der Waals surface area contributed by atoms with Crippen LogP contribution in [0.1, 0.15) is 30.6 Å². The van der Waals surface area contributed by atoms with Gasteiger partial charge in [0.05, 0.1) is 0 Å². The Kier molecular flexibility index (Phi) is 2.67. The highest BCUT2D eigenvalue weighted by Gasteiger charge is 2.40. The van der Waals surface area contributed by atoms with Gasteiger partial charge in [-0.1, -0.05) is 25.1 Å². The summed E-state index contributed by atoms with van der Waals surface area (Å²) in [6.07, 6.45) is 1.30. The van der Waals surface area contributed by atoms with Crippen molar-refractivity contribution in [1.82, 2.24) is 5.32 Å². The fourth-order valence-electron chi connectivity index (χ4n) is 2.81. The van der Waals surface area contributed by atoms with E-state index in [9.17, 15) is 0 Å². The zero-order chi connectivity index (χ0) is 11.8. The molecular formula is C15H19NO. The molecule has 0 aliphatic heterocycles. The summed E-state index contributed by atoms with van der Waals surface area (Å²) in [4.78, 5) is 0. The molecule has 1 aromatic carbocycles. The topological polar surface area (TPSA) is 25.2 Å². The van der Waals surface area contributed by atoms with E-state index in [0.29, 0.717) is 5.92 Å². The summed E-state index contributed by atoms with van der Waals surface area (Å²) in [6, 6.07) is 8.39. The van der Waals surface area contributed by atoms with Crippen LogP contribution in [0.2, 0.25) is 0 Å². The Morgan fingerprint density at radius 3 is 3.00 bits per heavy atom. The minimum absolute atomic E-state index is 0.706. The predicted octanol–water partition coefficient (Wildman–Crippen LogP) is 3.45. The molecule has 2 aromatic rings. The van der Waals surface area contributed by atoms with Crippen molar-refractivity contribution < 1.29 is 4.42 Å². The molecule has 1 N–H and O–H groups in total. The van der Waals surface area contributed by atoms with Crippen molar-refractivity contribution in [2.75, 3.05) is 13.1 Å². The normalized spacial score (nSPS) is 23.2. The number of benzene rings is 1. The zero-order valence-electron chi connectivity index (χ0n) is 10.5. The minimum atomic E-state index is 0.706. The Hall–Kier alpha value is -1.28. The first-order valence-electron chi connectivity index (χ1n) is 6.50. The van der Waals surface area contributed by atoms with Crippen LogP contribution in [0.4, 0.5) is 0 Å². The van der Waals surface area contributed by atoms with Gasteiger partial charge in [0, 0.05) is 10.9 Å². The number of hydrogen-bond donors (Lipinski definition) is 1. The molecule has 1 saturated carbocycles. The minimum Gasteiger partial charge on any atom is -0.461 e. The maximum Gasteiger partial charge on any atom is 0.134 e. The molecule has 1 aliphatic carbocycles. The second-order valence-corrected chi connectivity index (χ2v) is 4.98. The van der Waals surface area contributed by atoms with Gasteiger partial charge >= 0.3 is 0 Å². The molecule has 0 radical (unpaired) electrons. The molecule has 2 atom stereocenters. The van der Waals surface area contributed by atoms with Gasteiger partial charge in [0.15, 0.2) is 0 Å². The summed E-state index contributed by atoms with van der Waals surface area (Å²) in [5.74, 6) is 2.61. The Balaban J connectivity index is 1.89. The SMILES string of the molecule is CCNCC1CC1c1c(C)oc2ccccc12. The van der Waals surface area contributed by atoms with E-state index in [1.807, 2.05) is 6.07 Å². The van der Waals surface area contributed by atoms with E-state index in [2.05, 4.69) is 37.4 Å². The molecule has 2 nitrogen and oxygen atoms in total. The molecule has 0 bridgehead atoms. The van der Waals surface area contributed by atoms with Crippen molar-refractivity contribution in [2.45, 2.75) is 26.2 Å². The number of rotatable bonds is 4. The van der Waals surface area contributed by atoms with Gasteiger partial charge in [-0.15, -0.1) is 0 Å². The van der Waals surface area contributed by atoms with Crippen molar-refractivity contribution in [3.05, 3.63) is 35.6 Å². The van der Waals surface area contributed by atoms with Crippen LogP contribution in [0, 0.1) is 12.8 Å². The monoisotopic (exact) mass is 229 g/mol. The molecule has 2 heteroatoms. The number of furan rings is 1. The fourth-order valence-corrected chi connectivity index (χ4v) is 2.81. The Bertz CT molecular complexity index is 529. The molecule has 0 spiro atoms. The van der Waals surface area contributed by atoms with E-state index in [-0.39, 0.29) is 0 Å². The first kappa shape index (κ1) is 10.8. The van der Waals surface area contributed by atoms with E-state index < -0.39 is 0 Å². The molecule has 1 aliphatic rings. The molecule has 0 amide bonds. The smallest absolute Gasteiger partial charge is 0.134 e. The number of aryl methyl sites for hydroxylation is 1. The number of fused-ring (bicyclic) bond motifs is 1. The molecule has 17 heavy (non-hydrogen) atoms. The van der Waals surface area contributed by atoms with Gasteiger partial charge in [0.2, 0.25) is 0 Å². The lowest BCUT2D eigenvalue weighted by atomic mass is 10.1. The summed E-state index contributed by atoms with van der Waals surface area (Å²) < 4.78 is 5.83. The first-order valence-corrected chi connectivity index (χ1v) is 6.50. The molecule has 1 heterocycles. The molecule has 0 saturated heterocycles. The van der Waals surface area contributed by atoms with Crippen molar-refractivity contribution in [2.24, 2.45) is 5.92 Å². The van der Waals surface area contributed by atoms with Gasteiger partial charge in [-0.05, 0) is 44.3 Å². The van der Waals surface area contributed by atoms with E-state index in [0.717, 1.165) is 30.4 Å². The predicted molar refractivity (Wildman–Crippen MR) is 70.3 cm³/mol. The lowest BCUT2D eigenvalue weighted by Crippen LogP contribution is -2.16. The Morgan fingerprint density at radius 2 is 2.18 bits per heavy atom. The van der Waals surface area contributed by atoms with Gasteiger partial charge in [-0.25, -0.2) is 0 Å². The van der Waals surface area contributed by atoms with Gasteiger partial charge in [0.25, 0.3) is 0 Å². The largest absolute Gasteiger partial charge is 0.461 e. The van der Waals surface area contributed by atoms with E-state index in [1.54, 1.807) is 0 Å². The summed E-state index contributed by atoms with van der Waals surface area (Å²) in [5.41, 5.74) is 2.48. The summed E-state index contributed by atoms with van der Waals surface area (Å²) in [7, 11) is 0. The highest BCUT2D eigenvalue weighted by Crippen LogP contribution is 2.50. The van der Waals surface area contributed by atoms with Crippen LogP contribution in [-0.4, -0.2) is 13.1 Å². The Morgan fingerprint density at radius 1 is 1.35 bits per heavy atom. The quantitative estimate of drug-likeness (QED) is 0.868. The van der Waals surface area contributed by atoms with Crippen molar-refractivity contribution in [1.29, 1.82) is 0 Å². The van der Waals surface area contributed by atoms with Gasteiger partial charge in [-0.2, -0.15) is 0 Å². The van der Waals surface area contributed by atoms with Crippen molar-refractivity contribution in [3.63, 3.8) is 0 Å². The van der Waals surface area contributed by atoms with Gasteiger partial charge in [-0.3, -0.25) is 0 Å².